The van der Waals surface area contributed by atoms with Gasteiger partial charge in [0.25, 0.3) is 0 Å². The molecule has 1 fully saturated rings. The van der Waals surface area contributed by atoms with Crippen LogP contribution in [-0.2, 0) is 6.54 Å². The third-order valence-electron chi connectivity index (χ3n) is 4.12. The van der Waals surface area contributed by atoms with Gasteiger partial charge in [0.05, 0.1) is 0 Å². The topological polar surface area (TPSA) is 31.4 Å². The lowest BCUT2D eigenvalue weighted by Gasteiger charge is -2.36. The predicted octanol–water partition coefficient (Wildman–Crippen LogP) is 1.95. The van der Waals surface area contributed by atoms with Crippen molar-refractivity contribution < 1.29 is 0 Å². The van der Waals surface area contributed by atoms with E-state index in [4.69, 9.17) is 4.98 Å². The first-order chi connectivity index (χ1) is 9.65. The van der Waals surface area contributed by atoms with E-state index in [0.29, 0.717) is 0 Å². The number of nitrogens with zero attached hydrogens (tertiary/aromatic N) is 3. The molecule has 1 aromatic rings. The number of rotatable bonds is 5. The normalized spacial score (nSPS) is 16.7. The maximum atomic E-state index is 4.83. The SMILES string of the molecule is CCNCc1c(C)cc(C)nc1N1CCN(CC)CC1. The second kappa shape index (κ2) is 7.04. The number of aromatic nitrogens is 1. The minimum atomic E-state index is 0.916. The zero-order chi connectivity index (χ0) is 14.5. The Kier molecular flexibility index (Phi) is 5.38. The fraction of sp³-hybridized carbons (Fsp3) is 0.688. The highest BCUT2D eigenvalue weighted by Crippen LogP contribution is 2.23. The third-order valence-corrected chi connectivity index (χ3v) is 4.12. The first-order valence-electron chi connectivity index (χ1n) is 7.80. The zero-order valence-corrected chi connectivity index (χ0v) is 13.4. The number of pyridine rings is 1. The first-order valence-corrected chi connectivity index (χ1v) is 7.80. The van der Waals surface area contributed by atoms with Gasteiger partial charge in [-0.2, -0.15) is 0 Å². The van der Waals surface area contributed by atoms with E-state index < -0.39 is 0 Å². The van der Waals surface area contributed by atoms with Gasteiger partial charge in [0.1, 0.15) is 5.82 Å². The Hall–Kier alpha value is -1.13. The van der Waals surface area contributed by atoms with Crippen molar-refractivity contribution >= 4 is 5.82 Å². The van der Waals surface area contributed by atoms with Crippen molar-refractivity contribution in [1.82, 2.24) is 15.2 Å². The molecule has 0 radical (unpaired) electrons. The van der Waals surface area contributed by atoms with Crippen LogP contribution < -0.4 is 10.2 Å². The van der Waals surface area contributed by atoms with E-state index in [1.54, 1.807) is 0 Å². The number of likely N-dealkylation sites (N-methyl/N-ethyl adjacent to an activating group) is 1. The van der Waals surface area contributed by atoms with Gasteiger partial charge < -0.3 is 15.1 Å². The molecule has 0 atom stereocenters. The Labute approximate surface area is 123 Å². The molecule has 20 heavy (non-hydrogen) atoms. The average molecular weight is 276 g/mol. The van der Waals surface area contributed by atoms with Crippen molar-refractivity contribution in [2.75, 3.05) is 44.2 Å². The molecule has 0 aromatic carbocycles. The summed E-state index contributed by atoms with van der Waals surface area (Å²) in [5.41, 5.74) is 3.84. The summed E-state index contributed by atoms with van der Waals surface area (Å²) < 4.78 is 0. The van der Waals surface area contributed by atoms with Crippen molar-refractivity contribution in [1.29, 1.82) is 0 Å². The van der Waals surface area contributed by atoms with Gasteiger partial charge >= 0.3 is 0 Å². The Morgan fingerprint density at radius 1 is 1.15 bits per heavy atom. The summed E-state index contributed by atoms with van der Waals surface area (Å²) in [6, 6.07) is 2.19. The van der Waals surface area contributed by atoms with Gasteiger partial charge in [-0.15, -0.1) is 0 Å². The molecule has 1 aromatic heterocycles. The molecule has 1 N–H and O–H groups in total. The van der Waals surface area contributed by atoms with Gasteiger partial charge in [0.2, 0.25) is 0 Å². The lowest BCUT2D eigenvalue weighted by atomic mass is 10.1. The van der Waals surface area contributed by atoms with Crippen molar-refractivity contribution in [2.24, 2.45) is 0 Å². The van der Waals surface area contributed by atoms with E-state index in [-0.39, 0.29) is 0 Å². The minimum absolute atomic E-state index is 0.916. The van der Waals surface area contributed by atoms with Gasteiger partial charge in [0, 0.05) is 44.0 Å². The number of anilines is 1. The molecule has 1 saturated heterocycles. The summed E-state index contributed by atoms with van der Waals surface area (Å²) in [6.45, 7) is 16.2. The van der Waals surface area contributed by atoms with Crippen molar-refractivity contribution in [3.8, 4) is 0 Å². The van der Waals surface area contributed by atoms with Crippen LogP contribution >= 0.6 is 0 Å². The van der Waals surface area contributed by atoms with Gasteiger partial charge in [-0.3, -0.25) is 0 Å². The molecule has 1 aliphatic heterocycles. The van der Waals surface area contributed by atoms with Gasteiger partial charge in [0.15, 0.2) is 0 Å². The van der Waals surface area contributed by atoms with Crippen molar-refractivity contribution in [3.05, 3.63) is 22.9 Å². The van der Waals surface area contributed by atoms with E-state index in [0.717, 1.165) is 51.5 Å². The van der Waals surface area contributed by atoms with Gasteiger partial charge in [-0.05, 0) is 38.6 Å². The highest BCUT2D eigenvalue weighted by molar-refractivity contribution is 5.52. The van der Waals surface area contributed by atoms with E-state index in [1.807, 2.05) is 0 Å². The predicted molar refractivity (Wildman–Crippen MR) is 85.4 cm³/mol. The zero-order valence-electron chi connectivity index (χ0n) is 13.4. The highest BCUT2D eigenvalue weighted by atomic mass is 15.3. The molecule has 0 aliphatic carbocycles. The number of hydrogen-bond donors (Lipinski definition) is 1. The van der Waals surface area contributed by atoms with Crippen LogP contribution in [0.5, 0.6) is 0 Å². The van der Waals surface area contributed by atoms with Gasteiger partial charge in [-0.25, -0.2) is 4.98 Å². The monoisotopic (exact) mass is 276 g/mol. The number of hydrogen-bond acceptors (Lipinski definition) is 4. The summed E-state index contributed by atoms with van der Waals surface area (Å²) in [4.78, 5) is 9.79. The summed E-state index contributed by atoms with van der Waals surface area (Å²) in [6.07, 6.45) is 0. The molecular formula is C16H28N4. The second-order valence-corrected chi connectivity index (χ2v) is 5.58. The fourth-order valence-electron chi connectivity index (χ4n) is 2.85. The van der Waals surface area contributed by atoms with Crippen molar-refractivity contribution in [3.63, 3.8) is 0 Å². The fourth-order valence-corrected chi connectivity index (χ4v) is 2.85. The molecular weight excluding hydrogens is 248 g/mol. The quantitative estimate of drug-likeness (QED) is 0.891. The van der Waals surface area contributed by atoms with Crippen LogP contribution in [0.4, 0.5) is 5.82 Å². The standard InChI is InChI=1S/C16H28N4/c1-5-17-12-15-13(3)11-14(4)18-16(15)20-9-7-19(6-2)8-10-20/h11,17H,5-10,12H2,1-4H3. The Morgan fingerprint density at radius 3 is 2.45 bits per heavy atom. The number of piperazine rings is 1. The molecule has 0 amide bonds. The maximum Gasteiger partial charge on any atom is 0.133 e. The lowest BCUT2D eigenvalue weighted by Crippen LogP contribution is -2.47. The van der Waals surface area contributed by atoms with E-state index in [2.05, 4.69) is 48.9 Å². The molecule has 0 spiro atoms. The van der Waals surface area contributed by atoms with Gasteiger partial charge in [-0.1, -0.05) is 13.8 Å². The van der Waals surface area contributed by atoms with Crippen LogP contribution in [0, 0.1) is 13.8 Å². The molecule has 0 saturated carbocycles. The summed E-state index contributed by atoms with van der Waals surface area (Å²) >= 11 is 0. The van der Waals surface area contributed by atoms with Crippen molar-refractivity contribution in [2.45, 2.75) is 34.2 Å². The van der Waals surface area contributed by atoms with Crippen LogP contribution in [0.3, 0.4) is 0 Å². The summed E-state index contributed by atoms with van der Waals surface area (Å²) in [5.74, 6) is 1.19. The summed E-state index contributed by atoms with van der Waals surface area (Å²) in [5, 5.41) is 3.45. The molecule has 112 valence electrons. The molecule has 4 heteroatoms. The molecule has 2 heterocycles. The van der Waals surface area contributed by atoms with Crippen LogP contribution in [-0.4, -0.2) is 49.2 Å². The Balaban J connectivity index is 2.21. The third kappa shape index (κ3) is 3.49. The average Bonchev–Trinajstić information content (AvgIpc) is 2.46. The minimum Gasteiger partial charge on any atom is -0.354 e. The van der Waals surface area contributed by atoms with Crippen LogP contribution in [0.25, 0.3) is 0 Å². The van der Waals surface area contributed by atoms with Crippen LogP contribution in [0.2, 0.25) is 0 Å². The first kappa shape index (κ1) is 15.3. The molecule has 0 unspecified atom stereocenters. The molecule has 4 nitrogen and oxygen atoms in total. The van der Waals surface area contributed by atoms with Crippen LogP contribution in [0.1, 0.15) is 30.7 Å². The van der Waals surface area contributed by atoms with Crippen LogP contribution in [0.15, 0.2) is 6.07 Å². The number of nitrogens with one attached hydrogen (secondary N) is 1. The highest BCUT2D eigenvalue weighted by Gasteiger charge is 2.20. The molecule has 1 aliphatic rings. The van der Waals surface area contributed by atoms with E-state index in [1.165, 1.54) is 16.9 Å². The molecule has 2 rings (SSSR count). The number of aryl methyl sites for hydroxylation is 2. The molecule has 0 bridgehead atoms. The van der Waals surface area contributed by atoms with E-state index in [9.17, 15) is 0 Å². The lowest BCUT2D eigenvalue weighted by molar-refractivity contribution is 0.270. The van der Waals surface area contributed by atoms with E-state index >= 15 is 0 Å². The second-order valence-electron chi connectivity index (χ2n) is 5.58. The largest absolute Gasteiger partial charge is 0.354 e. The Morgan fingerprint density at radius 2 is 1.85 bits per heavy atom. The Bertz CT molecular complexity index is 436. The maximum absolute atomic E-state index is 4.83. The smallest absolute Gasteiger partial charge is 0.133 e. The summed E-state index contributed by atoms with van der Waals surface area (Å²) in [7, 11) is 0.